The van der Waals surface area contributed by atoms with Crippen molar-refractivity contribution in [3.8, 4) is 17.2 Å². The molecule has 0 saturated carbocycles. The molecule has 0 amide bonds. The van der Waals surface area contributed by atoms with Crippen LogP contribution in [0.5, 0.6) is 17.2 Å². The van der Waals surface area contributed by atoms with E-state index in [9.17, 15) is 0 Å². The van der Waals surface area contributed by atoms with Gasteiger partial charge in [-0.2, -0.15) is 0 Å². The normalized spacial score (nSPS) is 10.4. The minimum Gasteiger partial charge on any atom is -0.493 e. The third kappa shape index (κ3) is 4.44. The van der Waals surface area contributed by atoms with E-state index >= 15 is 0 Å². The maximum Gasteiger partial charge on any atom is 0.179 e. The van der Waals surface area contributed by atoms with Crippen LogP contribution in [-0.4, -0.2) is 20.3 Å². The lowest BCUT2D eigenvalue weighted by Gasteiger charge is -2.14. The zero-order valence-corrected chi connectivity index (χ0v) is 13.7. The van der Waals surface area contributed by atoms with E-state index in [-0.39, 0.29) is 0 Å². The summed E-state index contributed by atoms with van der Waals surface area (Å²) in [4.78, 5) is 0. The van der Waals surface area contributed by atoms with Crippen LogP contribution in [-0.2, 0) is 6.54 Å². The van der Waals surface area contributed by atoms with Gasteiger partial charge in [-0.05, 0) is 42.0 Å². The highest BCUT2D eigenvalue weighted by Gasteiger charge is 2.11. The molecule has 0 aromatic heterocycles. The monoisotopic (exact) mass is 341 g/mol. The van der Waals surface area contributed by atoms with Gasteiger partial charge >= 0.3 is 0 Å². The van der Waals surface area contributed by atoms with Gasteiger partial charge in [-0.15, -0.1) is 0 Å². The molecule has 2 aromatic rings. The van der Waals surface area contributed by atoms with Crippen molar-refractivity contribution in [2.45, 2.75) is 6.54 Å². The molecule has 2 N–H and O–H groups in total. The average Bonchev–Trinajstić information content (AvgIpc) is 2.53. The first-order valence-electron chi connectivity index (χ1n) is 6.71. The Labute approximate surface area is 139 Å². The fraction of sp³-hybridized carbons (Fsp3) is 0.250. The molecule has 0 atom stereocenters. The number of nitrogens with two attached hydrogens (primary N) is 1. The first kappa shape index (κ1) is 16.7. The Hall–Kier alpha value is -1.62. The summed E-state index contributed by atoms with van der Waals surface area (Å²) in [5, 5.41) is 1.13. The van der Waals surface area contributed by atoms with Crippen molar-refractivity contribution in [1.82, 2.24) is 0 Å². The Balaban J connectivity index is 1.92. The average molecular weight is 342 g/mol. The second kappa shape index (κ2) is 8.13. The van der Waals surface area contributed by atoms with Crippen LogP contribution in [0.3, 0.4) is 0 Å². The molecule has 0 radical (unpaired) electrons. The number of hydrogen-bond donors (Lipinski definition) is 1. The molecule has 0 bridgehead atoms. The van der Waals surface area contributed by atoms with Crippen molar-refractivity contribution in [1.29, 1.82) is 0 Å². The van der Waals surface area contributed by atoms with Crippen molar-refractivity contribution in [3.63, 3.8) is 0 Å². The number of rotatable bonds is 7. The second-order valence-corrected chi connectivity index (χ2v) is 5.31. The summed E-state index contributed by atoms with van der Waals surface area (Å²) in [6.45, 7) is 1.09. The van der Waals surface area contributed by atoms with Crippen molar-refractivity contribution in [3.05, 3.63) is 52.0 Å². The smallest absolute Gasteiger partial charge is 0.179 e. The van der Waals surface area contributed by atoms with Gasteiger partial charge in [0.2, 0.25) is 0 Å². The van der Waals surface area contributed by atoms with Crippen LogP contribution in [0.25, 0.3) is 0 Å². The minimum absolute atomic E-state index is 0.334. The van der Waals surface area contributed by atoms with E-state index < -0.39 is 0 Å². The van der Waals surface area contributed by atoms with E-state index in [1.165, 1.54) is 0 Å². The summed E-state index contributed by atoms with van der Waals surface area (Å²) in [7, 11) is 1.56. The zero-order valence-electron chi connectivity index (χ0n) is 12.1. The lowest BCUT2D eigenvalue weighted by atomic mass is 10.2. The lowest BCUT2D eigenvalue weighted by Crippen LogP contribution is -2.10. The number of methoxy groups -OCH3 is 1. The number of hydrogen-bond acceptors (Lipinski definition) is 4. The number of ether oxygens (including phenoxy) is 3. The van der Waals surface area contributed by atoms with E-state index in [0.29, 0.717) is 41.3 Å². The van der Waals surface area contributed by atoms with Gasteiger partial charge in [-0.1, -0.05) is 23.2 Å². The molecular weight excluding hydrogens is 325 g/mol. The molecule has 22 heavy (non-hydrogen) atoms. The van der Waals surface area contributed by atoms with Gasteiger partial charge in [-0.3, -0.25) is 0 Å². The summed E-state index contributed by atoms with van der Waals surface area (Å²) >= 11 is 12.0. The Morgan fingerprint density at radius 1 is 1.00 bits per heavy atom. The van der Waals surface area contributed by atoms with Crippen LogP contribution in [0.15, 0.2) is 36.4 Å². The van der Waals surface area contributed by atoms with Crippen molar-refractivity contribution >= 4 is 23.2 Å². The van der Waals surface area contributed by atoms with Crippen LogP contribution in [0, 0.1) is 0 Å². The van der Waals surface area contributed by atoms with Gasteiger partial charge in [0.1, 0.15) is 19.0 Å². The number of halogens is 2. The van der Waals surface area contributed by atoms with Crippen molar-refractivity contribution in [2.75, 3.05) is 20.3 Å². The Kier molecular flexibility index (Phi) is 6.19. The molecule has 0 aliphatic carbocycles. The Morgan fingerprint density at radius 3 is 2.32 bits per heavy atom. The van der Waals surface area contributed by atoms with Gasteiger partial charge in [-0.25, -0.2) is 0 Å². The van der Waals surface area contributed by atoms with E-state index in [0.717, 1.165) is 11.3 Å². The van der Waals surface area contributed by atoms with Crippen molar-refractivity contribution in [2.24, 2.45) is 5.73 Å². The van der Waals surface area contributed by atoms with Gasteiger partial charge in [0, 0.05) is 11.6 Å². The molecule has 0 saturated heterocycles. The Morgan fingerprint density at radius 2 is 1.68 bits per heavy atom. The molecule has 4 nitrogen and oxygen atoms in total. The summed E-state index contributed by atoms with van der Waals surface area (Å²) in [6, 6.07) is 10.7. The maximum absolute atomic E-state index is 6.19. The summed E-state index contributed by atoms with van der Waals surface area (Å²) < 4.78 is 16.5. The molecule has 0 spiro atoms. The second-order valence-electron chi connectivity index (χ2n) is 4.46. The predicted molar refractivity (Wildman–Crippen MR) is 88.3 cm³/mol. The molecule has 6 heteroatoms. The van der Waals surface area contributed by atoms with Gasteiger partial charge in [0.15, 0.2) is 11.5 Å². The third-order valence-corrected chi connectivity index (χ3v) is 3.47. The largest absolute Gasteiger partial charge is 0.493 e. The first-order valence-corrected chi connectivity index (χ1v) is 7.47. The van der Waals surface area contributed by atoms with Gasteiger partial charge < -0.3 is 19.9 Å². The summed E-state index contributed by atoms with van der Waals surface area (Å²) in [5.41, 5.74) is 6.49. The molecule has 0 aliphatic rings. The van der Waals surface area contributed by atoms with Crippen LogP contribution in [0.4, 0.5) is 0 Å². The predicted octanol–water partition coefficient (Wildman–Crippen LogP) is 3.92. The Bertz CT molecular complexity index is 618. The standard InChI is InChI=1S/C16H17Cl2NO3/c1-20-15-9-11(10-19)8-14(18)16(15)22-7-6-21-13-4-2-12(17)3-5-13/h2-5,8-9H,6-7,10,19H2,1H3. The minimum atomic E-state index is 0.334. The quantitative estimate of drug-likeness (QED) is 0.775. The highest BCUT2D eigenvalue weighted by atomic mass is 35.5. The fourth-order valence-electron chi connectivity index (χ4n) is 1.87. The first-order chi connectivity index (χ1) is 10.6. The zero-order chi connectivity index (χ0) is 15.9. The van der Waals surface area contributed by atoms with Gasteiger partial charge in [0.25, 0.3) is 0 Å². The topological polar surface area (TPSA) is 53.7 Å². The third-order valence-electron chi connectivity index (χ3n) is 2.94. The maximum atomic E-state index is 6.19. The van der Waals surface area contributed by atoms with E-state index in [1.807, 2.05) is 0 Å². The molecule has 2 aromatic carbocycles. The van der Waals surface area contributed by atoms with Crippen LogP contribution < -0.4 is 19.9 Å². The SMILES string of the molecule is COc1cc(CN)cc(Cl)c1OCCOc1ccc(Cl)cc1. The highest BCUT2D eigenvalue weighted by Crippen LogP contribution is 2.36. The van der Waals surface area contributed by atoms with Crippen LogP contribution in [0.1, 0.15) is 5.56 Å². The number of benzene rings is 2. The van der Waals surface area contributed by atoms with Crippen molar-refractivity contribution < 1.29 is 14.2 Å². The van der Waals surface area contributed by atoms with Crippen LogP contribution >= 0.6 is 23.2 Å². The molecule has 0 fully saturated rings. The van der Waals surface area contributed by atoms with Crippen LogP contribution in [0.2, 0.25) is 10.0 Å². The summed E-state index contributed by atoms with van der Waals surface area (Å²) in [5.74, 6) is 1.77. The lowest BCUT2D eigenvalue weighted by molar-refractivity contribution is 0.211. The van der Waals surface area contributed by atoms with E-state index in [1.54, 1.807) is 43.5 Å². The molecule has 118 valence electrons. The summed E-state index contributed by atoms with van der Waals surface area (Å²) in [6.07, 6.45) is 0. The highest BCUT2D eigenvalue weighted by molar-refractivity contribution is 6.32. The molecule has 2 rings (SSSR count). The van der Waals surface area contributed by atoms with E-state index in [2.05, 4.69) is 0 Å². The molecular formula is C16H17Cl2NO3. The van der Waals surface area contributed by atoms with E-state index in [4.69, 9.17) is 43.1 Å². The molecule has 0 aliphatic heterocycles. The fourth-order valence-corrected chi connectivity index (χ4v) is 2.28. The molecule has 0 heterocycles. The molecule has 0 unspecified atom stereocenters. The van der Waals surface area contributed by atoms with Gasteiger partial charge in [0.05, 0.1) is 12.1 Å².